The van der Waals surface area contributed by atoms with Gasteiger partial charge in [0.25, 0.3) is 0 Å². The Morgan fingerprint density at radius 2 is 2.00 bits per heavy atom. The van der Waals surface area contributed by atoms with Crippen LogP contribution in [0.4, 0.5) is 0 Å². The van der Waals surface area contributed by atoms with Gasteiger partial charge in [-0.1, -0.05) is 33.3 Å². The van der Waals surface area contributed by atoms with Gasteiger partial charge in [0.05, 0.1) is 12.5 Å². The van der Waals surface area contributed by atoms with Crippen LogP contribution in [0.3, 0.4) is 0 Å². The van der Waals surface area contributed by atoms with Gasteiger partial charge in [-0.05, 0) is 72.6 Å². The fourth-order valence-corrected chi connectivity index (χ4v) is 5.70. The molecular weight excluding hydrogens is 300 g/mol. The summed E-state index contributed by atoms with van der Waals surface area (Å²) in [7, 11) is 1.51. The van der Waals surface area contributed by atoms with E-state index in [1.807, 2.05) is 6.07 Å². The number of aromatic hydroxyl groups is 1. The molecule has 2 aliphatic rings. The van der Waals surface area contributed by atoms with Crippen LogP contribution in [0.1, 0.15) is 76.0 Å². The number of rotatable bonds is 2. The zero-order chi connectivity index (χ0) is 17.7. The second kappa shape index (κ2) is 5.79. The number of carbonyl (C=O) groups excluding carboxylic acids is 1. The molecule has 3 heteroatoms. The average Bonchev–Trinajstić information content (AvgIpc) is 2.52. The van der Waals surface area contributed by atoms with Crippen molar-refractivity contribution in [3.63, 3.8) is 0 Å². The average molecular weight is 330 g/mol. The molecule has 0 aliphatic heterocycles. The maximum atomic E-state index is 12.6. The van der Waals surface area contributed by atoms with E-state index in [1.165, 1.54) is 18.2 Å². The lowest BCUT2D eigenvalue weighted by Crippen LogP contribution is -2.52. The molecule has 0 bridgehead atoms. The summed E-state index contributed by atoms with van der Waals surface area (Å²) in [4.78, 5) is 12.6. The second-order valence-electron chi connectivity index (χ2n) is 8.45. The van der Waals surface area contributed by atoms with Gasteiger partial charge in [0.1, 0.15) is 5.75 Å². The highest BCUT2D eigenvalue weighted by Crippen LogP contribution is 2.58. The molecule has 2 aliphatic carbocycles. The third-order valence-electron chi connectivity index (χ3n) is 6.79. The van der Waals surface area contributed by atoms with Crippen LogP contribution in [0.15, 0.2) is 12.1 Å². The van der Waals surface area contributed by atoms with Gasteiger partial charge in [0, 0.05) is 0 Å². The third kappa shape index (κ3) is 2.28. The van der Waals surface area contributed by atoms with Crippen molar-refractivity contribution in [2.75, 3.05) is 7.11 Å². The number of carbonyl (C=O) groups is 1. The van der Waals surface area contributed by atoms with Crippen LogP contribution in [0.2, 0.25) is 0 Å². The number of hydrogen-bond acceptors (Lipinski definition) is 3. The summed E-state index contributed by atoms with van der Waals surface area (Å²) < 4.78 is 5.18. The topological polar surface area (TPSA) is 46.5 Å². The quantitative estimate of drug-likeness (QED) is 0.800. The van der Waals surface area contributed by atoms with Crippen LogP contribution < -0.4 is 0 Å². The molecule has 24 heavy (non-hydrogen) atoms. The van der Waals surface area contributed by atoms with E-state index in [4.69, 9.17) is 4.74 Å². The van der Waals surface area contributed by atoms with Gasteiger partial charge in [-0.2, -0.15) is 0 Å². The lowest BCUT2D eigenvalue weighted by Gasteiger charge is -2.54. The minimum Gasteiger partial charge on any atom is -0.508 e. The molecule has 1 aromatic rings. The van der Waals surface area contributed by atoms with Crippen molar-refractivity contribution >= 4 is 5.97 Å². The fourth-order valence-electron chi connectivity index (χ4n) is 5.70. The minimum absolute atomic E-state index is 0.0217. The minimum atomic E-state index is -0.407. The molecular formula is C21H30O3. The normalized spacial score (nSPS) is 32.2. The first-order valence-electron chi connectivity index (χ1n) is 9.19. The molecule has 0 radical (unpaired) electrons. The van der Waals surface area contributed by atoms with Crippen LogP contribution in [-0.4, -0.2) is 18.2 Å². The number of phenols is 1. The summed E-state index contributed by atoms with van der Waals surface area (Å²) in [6.45, 7) is 8.69. The second-order valence-corrected chi connectivity index (χ2v) is 8.45. The van der Waals surface area contributed by atoms with Crippen LogP contribution in [0.25, 0.3) is 0 Å². The standard InChI is InChI=1S/C21H30O3/c1-13(2)18-14-7-10-17-20(3,15(14)8-9-16(18)22)11-6-12-21(17,4)19(23)24-5/h8-9,13,17,22H,6-7,10-12H2,1-5H3/t17-,20-,21+/m1/s1. The first-order chi connectivity index (χ1) is 11.3. The Labute approximate surface area is 145 Å². The van der Waals surface area contributed by atoms with E-state index in [9.17, 15) is 9.90 Å². The van der Waals surface area contributed by atoms with Gasteiger partial charge in [0.2, 0.25) is 0 Å². The van der Waals surface area contributed by atoms with Gasteiger partial charge in [0.15, 0.2) is 0 Å². The molecule has 0 unspecified atom stereocenters. The monoisotopic (exact) mass is 330 g/mol. The SMILES string of the molecule is COC(=O)[C@@]1(C)CCC[C@]2(C)c3ccc(O)c(C(C)C)c3CC[C@@H]12. The summed E-state index contributed by atoms with van der Waals surface area (Å²) in [6, 6.07) is 3.96. The van der Waals surface area contributed by atoms with Crippen molar-refractivity contribution in [1.29, 1.82) is 0 Å². The van der Waals surface area contributed by atoms with E-state index in [-0.39, 0.29) is 11.4 Å². The van der Waals surface area contributed by atoms with Crippen molar-refractivity contribution < 1.29 is 14.6 Å². The number of fused-ring (bicyclic) bond motifs is 3. The van der Waals surface area contributed by atoms with Gasteiger partial charge in [-0.3, -0.25) is 4.79 Å². The van der Waals surface area contributed by atoms with Gasteiger partial charge >= 0.3 is 5.97 Å². The fraction of sp³-hybridized carbons (Fsp3) is 0.667. The summed E-state index contributed by atoms with van der Waals surface area (Å²) in [5.41, 5.74) is 3.33. The van der Waals surface area contributed by atoms with E-state index >= 15 is 0 Å². The summed E-state index contributed by atoms with van der Waals surface area (Å²) >= 11 is 0. The molecule has 3 atom stereocenters. The van der Waals surface area contributed by atoms with E-state index in [0.717, 1.165) is 37.7 Å². The lowest BCUT2D eigenvalue weighted by atomic mass is 9.49. The predicted octanol–water partition coefficient (Wildman–Crippen LogP) is 4.70. The maximum absolute atomic E-state index is 12.6. The maximum Gasteiger partial charge on any atom is 0.311 e. The van der Waals surface area contributed by atoms with Crippen molar-refractivity contribution in [3.05, 3.63) is 28.8 Å². The Hall–Kier alpha value is -1.51. The molecule has 1 aromatic carbocycles. The Morgan fingerprint density at radius 1 is 1.29 bits per heavy atom. The molecule has 1 fully saturated rings. The molecule has 0 amide bonds. The summed E-state index contributed by atoms with van der Waals surface area (Å²) in [5.74, 6) is 0.945. The predicted molar refractivity (Wildman–Crippen MR) is 95.3 cm³/mol. The molecule has 0 spiro atoms. The number of methoxy groups -OCH3 is 1. The Morgan fingerprint density at radius 3 is 2.62 bits per heavy atom. The number of ether oxygens (including phenoxy) is 1. The Bertz CT molecular complexity index is 663. The largest absolute Gasteiger partial charge is 0.508 e. The first-order valence-corrected chi connectivity index (χ1v) is 9.19. The molecule has 1 saturated carbocycles. The summed E-state index contributed by atoms with van der Waals surface area (Å²) in [5, 5.41) is 10.4. The lowest BCUT2D eigenvalue weighted by molar-refractivity contribution is -0.161. The first kappa shape index (κ1) is 17.3. The van der Waals surface area contributed by atoms with Crippen LogP contribution in [-0.2, 0) is 21.4 Å². The van der Waals surface area contributed by atoms with Crippen LogP contribution in [0, 0.1) is 11.3 Å². The van der Waals surface area contributed by atoms with Crippen molar-refractivity contribution in [1.82, 2.24) is 0 Å². The van der Waals surface area contributed by atoms with Gasteiger partial charge in [-0.25, -0.2) is 0 Å². The number of hydrogen-bond donors (Lipinski definition) is 1. The highest BCUT2D eigenvalue weighted by molar-refractivity contribution is 5.77. The smallest absolute Gasteiger partial charge is 0.311 e. The highest BCUT2D eigenvalue weighted by Gasteiger charge is 2.55. The van der Waals surface area contributed by atoms with Crippen molar-refractivity contribution in [2.45, 2.75) is 71.1 Å². The molecule has 0 aromatic heterocycles. The van der Waals surface area contributed by atoms with E-state index < -0.39 is 5.41 Å². The van der Waals surface area contributed by atoms with Gasteiger partial charge < -0.3 is 9.84 Å². The molecule has 3 rings (SSSR count). The van der Waals surface area contributed by atoms with Crippen molar-refractivity contribution in [3.8, 4) is 5.75 Å². The molecule has 132 valence electrons. The van der Waals surface area contributed by atoms with Gasteiger partial charge in [-0.15, -0.1) is 0 Å². The number of benzene rings is 1. The van der Waals surface area contributed by atoms with E-state index in [2.05, 4.69) is 33.8 Å². The Kier molecular flexibility index (Phi) is 4.17. The molecule has 1 N–H and O–H groups in total. The van der Waals surface area contributed by atoms with E-state index in [0.29, 0.717) is 17.6 Å². The van der Waals surface area contributed by atoms with Crippen LogP contribution >= 0.6 is 0 Å². The van der Waals surface area contributed by atoms with E-state index in [1.54, 1.807) is 0 Å². The Balaban J connectivity index is 2.15. The zero-order valence-electron chi connectivity index (χ0n) is 15.6. The number of phenolic OH excluding ortho intramolecular Hbond substituents is 1. The summed E-state index contributed by atoms with van der Waals surface area (Å²) in [6.07, 6.45) is 4.96. The highest BCUT2D eigenvalue weighted by atomic mass is 16.5. The molecule has 0 saturated heterocycles. The molecule has 0 heterocycles. The van der Waals surface area contributed by atoms with Crippen LogP contribution in [0.5, 0.6) is 5.75 Å². The number of esters is 1. The zero-order valence-corrected chi connectivity index (χ0v) is 15.6. The third-order valence-corrected chi connectivity index (χ3v) is 6.79. The van der Waals surface area contributed by atoms with Crippen molar-refractivity contribution in [2.24, 2.45) is 11.3 Å². The molecule has 3 nitrogen and oxygen atoms in total.